The molecule has 0 spiro atoms. The van der Waals surface area contributed by atoms with E-state index in [2.05, 4.69) is 0 Å². The lowest BCUT2D eigenvalue weighted by Crippen LogP contribution is -2.38. The number of sulfone groups is 1. The zero-order valence-corrected chi connectivity index (χ0v) is 9.15. The van der Waals surface area contributed by atoms with E-state index in [1.807, 2.05) is 0 Å². The van der Waals surface area contributed by atoms with Gasteiger partial charge in [-0.2, -0.15) is 0 Å². The van der Waals surface area contributed by atoms with Crippen LogP contribution in [0, 0.1) is 0 Å². The molecule has 0 unspecified atom stereocenters. The first-order valence-corrected chi connectivity index (χ1v) is 6.25. The lowest BCUT2D eigenvalue weighted by molar-refractivity contribution is -0.139. The van der Waals surface area contributed by atoms with Crippen LogP contribution in [-0.4, -0.2) is 30.3 Å². The van der Waals surface area contributed by atoms with Gasteiger partial charge in [0, 0.05) is 0 Å². The summed E-state index contributed by atoms with van der Waals surface area (Å²) in [5.74, 6) is -1.27. The monoisotopic (exact) mass is 241 g/mol. The van der Waals surface area contributed by atoms with E-state index in [4.69, 9.17) is 10.8 Å². The number of carboxylic acid groups (broad SMARTS) is 1. The van der Waals surface area contributed by atoms with Gasteiger partial charge in [-0.3, -0.25) is 4.79 Å². The van der Waals surface area contributed by atoms with Crippen LogP contribution in [0.5, 0.6) is 0 Å². The van der Waals surface area contributed by atoms with Gasteiger partial charge in [-0.1, -0.05) is 18.2 Å². The van der Waals surface area contributed by atoms with Gasteiger partial charge in [0.1, 0.15) is 5.54 Å². The Morgan fingerprint density at radius 1 is 1.38 bits per heavy atom. The van der Waals surface area contributed by atoms with Gasteiger partial charge in [0.2, 0.25) is 0 Å². The van der Waals surface area contributed by atoms with E-state index in [-0.39, 0.29) is 11.3 Å². The van der Waals surface area contributed by atoms with E-state index in [0.717, 1.165) is 0 Å². The number of rotatable bonds is 3. The van der Waals surface area contributed by atoms with Crippen LogP contribution in [-0.2, 0) is 14.6 Å². The summed E-state index contributed by atoms with van der Waals surface area (Å²) in [5, 5.41) is 7.79. The second-order valence-electron chi connectivity index (χ2n) is 3.90. The van der Waals surface area contributed by atoms with Crippen molar-refractivity contribution in [3.05, 3.63) is 30.3 Å². The summed E-state index contributed by atoms with van der Waals surface area (Å²) in [6, 6.07) is 7.76. The smallest absolute Gasteiger partial charge is 0.325 e. The molecule has 0 amide bonds. The van der Waals surface area contributed by atoms with E-state index in [9.17, 15) is 13.2 Å². The van der Waals surface area contributed by atoms with Gasteiger partial charge < -0.3 is 10.8 Å². The minimum atomic E-state index is -3.62. The van der Waals surface area contributed by atoms with Crippen LogP contribution < -0.4 is 5.73 Å². The lowest BCUT2D eigenvalue weighted by Gasteiger charge is -2.06. The number of carboxylic acids is 1. The number of hydrogen-bond donors (Lipinski definition) is 2. The molecule has 0 radical (unpaired) electrons. The molecule has 0 saturated heterocycles. The Morgan fingerprint density at radius 3 is 2.38 bits per heavy atom. The Labute approximate surface area is 92.8 Å². The van der Waals surface area contributed by atoms with Crippen molar-refractivity contribution >= 4 is 15.8 Å². The summed E-state index contributed by atoms with van der Waals surface area (Å²) in [5.41, 5.74) is 3.86. The van der Waals surface area contributed by atoms with Crippen LogP contribution >= 0.6 is 0 Å². The molecule has 0 bridgehead atoms. The molecular formula is C10H11NO4S. The van der Waals surface area contributed by atoms with Gasteiger partial charge >= 0.3 is 5.97 Å². The highest BCUT2D eigenvalue weighted by molar-refractivity contribution is 7.92. The van der Waals surface area contributed by atoms with Gasteiger partial charge in [-0.15, -0.1) is 0 Å². The van der Waals surface area contributed by atoms with E-state index < -0.39 is 26.6 Å². The fourth-order valence-corrected chi connectivity index (χ4v) is 3.65. The van der Waals surface area contributed by atoms with Crippen LogP contribution in [0.2, 0.25) is 0 Å². The third-order valence-corrected chi connectivity index (χ3v) is 5.05. The normalized spacial score (nSPS) is 28.7. The molecule has 1 aromatic carbocycles. The first-order valence-electron chi connectivity index (χ1n) is 4.70. The van der Waals surface area contributed by atoms with Crippen molar-refractivity contribution in [3.63, 3.8) is 0 Å². The van der Waals surface area contributed by atoms with Crippen molar-refractivity contribution in [2.75, 3.05) is 0 Å². The predicted molar refractivity (Wildman–Crippen MR) is 56.6 cm³/mol. The summed E-state index contributed by atoms with van der Waals surface area (Å²) < 4.78 is 23.9. The van der Waals surface area contributed by atoms with Crippen molar-refractivity contribution in [2.45, 2.75) is 22.1 Å². The quantitative estimate of drug-likeness (QED) is 0.777. The van der Waals surface area contributed by atoms with Crippen molar-refractivity contribution in [3.8, 4) is 0 Å². The third-order valence-electron chi connectivity index (χ3n) is 2.78. The van der Waals surface area contributed by atoms with Crippen molar-refractivity contribution in [1.29, 1.82) is 0 Å². The molecule has 1 aromatic rings. The molecule has 6 heteroatoms. The fraction of sp³-hybridized carbons (Fsp3) is 0.300. The second kappa shape index (κ2) is 3.29. The molecule has 1 saturated carbocycles. The molecule has 3 N–H and O–H groups in total. The first kappa shape index (κ1) is 11.1. The highest BCUT2D eigenvalue weighted by Gasteiger charge is 2.64. The molecule has 5 nitrogen and oxygen atoms in total. The molecule has 1 aliphatic carbocycles. The summed E-state index contributed by atoms with van der Waals surface area (Å²) in [7, 11) is -3.62. The minimum Gasteiger partial charge on any atom is -0.480 e. The van der Waals surface area contributed by atoms with Crippen LogP contribution in [0.3, 0.4) is 0 Å². The minimum absolute atomic E-state index is 0.0282. The number of aliphatic carboxylic acids is 1. The van der Waals surface area contributed by atoms with E-state index in [0.29, 0.717) is 0 Å². The summed E-state index contributed by atoms with van der Waals surface area (Å²) in [6.07, 6.45) is -0.0282. The van der Waals surface area contributed by atoms with E-state index in [1.54, 1.807) is 18.2 Å². The predicted octanol–water partition coefficient (Wildman–Crippen LogP) is 0.0147. The second-order valence-corrected chi connectivity index (χ2v) is 6.03. The molecule has 2 rings (SSSR count). The van der Waals surface area contributed by atoms with Crippen LogP contribution in [0.4, 0.5) is 0 Å². The van der Waals surface area contributed by atoms with Gasteiger partial charge in [-0.05, 0) is 18.6 Å². The Hall–Kier alpha value is -1.40. The first-order chi connectivity index (χ1) is 7.39. The molecule has 0 heterocycles. The lowest BCUT2D eigenvalue weighted by atomic mass is 10.3. The molecule has 1 fully saturated rings. The van der Waals surface area contributed by atoms with Crippen LogP contribution in [0.1, 0.15) is 6.42 Å². The Bertz CT molecular complexity index is 525. The Kier molecular flexibility index (Phi) is 2.28. The van der Waals surface area contributed by atoms with Gasteiger partial charge in [0.15, 0.2) is 9.84 Å². The maximum atomic E-state index is 12.0. The maximum absolute atomic E-state index is 12.0. The highest BCUT2D eigenvalue weighted by Crippen LogP contribution is 2.42. The molecule has 16 heavy (non-hydrogen) atoms. The molecule has 86 valence electrons. The Morgan fingerprint density at radius 2 is 1.94 bits per heavy atom. The molecule has 1 aliphatic rings. The summed E-state index contributed by atoms with van der Waals surface area (Å²) in [4.78, 5) is 10.9. The molecule has 2 atom stereocenters. The van der Waals surface area contributed by atoms with Gasteiger partial charge in [-0.25, -0.2) is 8.42 Å². The standard InChI is InChI=1S/C10H11NO4S/c11-10(9(12)13)6-8(10)16(14,15)7-4-2-1-3-5-7/h1-5,8H,6,11H2,(H,12,13)/t8-,10+/m0/s1. The maximum Gasteiger partial charge on any atom is 0.325 e. The zero-order chi connectivity index (χ0) is 12.0. The van der Waals surface area contributed by atoms with Crippen molar-refractivity contribution in [2.24, 2.45) is 5.73 Å². The van der Waals surface area contributed by atoms with Crippen LogP contribution in [0.15, 0.2) is 35.2 Å². The van der Waals surface area contributed by atoms with E-state index in [1.165, 1.54) is 12.1 Å². The molecule has 0 aliphatic heterocycles. The number of benzene rings is 1. The fourth-order valence-electron chi connectivity index (χ4n) is 1.63. The zero-order valence-electron chi connectivity index (χ0n) is 8.33. The third kappa shape index (κ3) is 1.50. The van der Waals surface area contributed by atoms with Crippen molar-refractivity contribution < 1.29 is 18.3 Å². The van der Waals surface area contributed by atoms with Crippen LogP contribution in [0.25, 0.3) is 0 Å². The topological polar surface area (TPSA) is 97.5 Å². The molecular weight excluding hydrogens is 230 g/mol. The summed E-state index contributed by atoms with van der Waals surface area (Å²) in [6.45, 7) is 0. The number of nitrogens with two attached hydrogens (primary N) is 1. The average molecular weight is 241 g/mol. The van der Waals surface area contributed by atoms with Crippen molar-refractivity contribution in [1.82, 2.24) is 0 Å². The number of hydrogen-bond acceptors (Lipinski definition) is 4. The SMILES string of the molecule is N[C@]1(C(=O)O)C[C@@H]1S(=O)(=O)c1ccccc1. The summed E-state index contributed by atoms with van der Waals surface area (Å²) >= 11 is 0. The van der Waals surface area contributed by atoms with Gasteiger partial charge in [0.25, 0.3) is 0 Å². The average Bonchev–Trinajstić information content (AvgIpc) is 2.95. The largest absolute Gasteiger partial charge is 0.480 e. The Balaban J connectivity index is 2.35. The van der Waals surface area contributed by atoms with Gasteiger partial charge in [0.05, 0.1) is 10.1 Å². The highest BCUT2D eigenvalue weighted by atomic mass is 32.2. The molecule has 0 aromatic heterocycles. The van der Waals surface area contributed by atoms with E-state index >= 15 is 0 Å². The number of carbonyl (C=O) groups is 1.